The smallest absolute Gasteiger partial charge is 0.0412 e. The van der Waals surface area contributed by atoms with Gasteiger partial charge in [-0.2, -0.15) is 0 Å². The summed E-state index contributed by atoms with van der Waals surface area (Å²) in [5, 5.41) is 0. The molecule has 0 aromatic heterocycles. The zero-order valence-corrected chi connectivity index (χ0v) is 8.25. The summed E-state index contributed by atoms with van der Waals surface area (Å²) in [6.07, 6.45) is 2.26. The van der Waals surface area contributed by atoms with E-state index in [0.29, 0.717) is 0 Å². The molecule has 0 atom stereocenters. The van der Waals surface area contributed by atoms with Crippen molar-refractivity contribution < 1.29 is 0 Å². The molecule has 0 heterocycles. The van der Waals surface area contributed by atoms with E-state index in [1.54, 1.807) is 0 Å². The molecule has 0 unspecified atom stereocenters. The third-order valence-electron chi connectivity index (χ3n) is 2.73. The van der Waals surface area contributed by atoms with Crippen molar-refractivity contribution in [3.8, 4) is 0 Å². The lowest BCUT2D eigenvalue weighted by Gasteiger charge is -2.16. The summed E-state index contributed by atoms with van der Waals surface area (Å²) in [6, 6.07) is 8.50. The Labute approximate surface area is 79.4 Å². The van der Waals surface area contributed by atoms with Crippen molar-refractivity contribution in [3.05, 3.63) is 29.8 Å². The minimum atomic E-state index is -0.00792. The van der Waals surface area contributed by atoms with Crippen molar-refractivity contribution in [1.82, 2.24) is 0 Å². The summed E-state index contributed by atoms with van der Waals surface area (Å²) in [4.78, 5) is 2.11. The van der Waals surface area contributed by atoms with Gasteiger partial charge in [0.05, 0.1) is 0 Å². The second-order valence-electron chi connectivity index (χ2n) is 4.10. The van der Waals surface area contributed by atoms with Gasteiger partial charge in [0, 0.05) is 25.3 Å². The fourth-order valence-corrected chi connectivity index (χ4v) is 1.52. The normalized spacial score (nSPS) is 18.4. The van der Waals surface area contributed by atoms with E-state index in [1.807, 2.05) is 0 Å². The molecule has 1 fully saturated rings. The minimum Gasteiger partial charge on any atom is -0.378 e. The largest absolute Gasteiger partial charge is 0.378 e. The standard InChI is InChI=1S/C11H16N2/c1-13(2)10-5-3-4-9(8-10)11(12)6-7-11/h3-5,8H,6-7,12H2,1-2H3. The molecule has 0 amide bonds. The predicted molar refractivity (Wildman–Crippen MR) is 55.9 cm³/mol. The van der Waals surface area contributed by atoms with Crippen LogP contribution in [0.4, 0.5) is 5.69 Å². The number of anilines is 1. The molecule has 2 heteroatoms. The topological polar surface area (TPSA) is 29.3 Å². The van der Waals surface area contributed by atoms with Crippen LogP contribution in [-0.2, 0) is 5.54 Å². The van der Waals surface area contributed by atoms with Crippen molar-refractivity contribution in [2.75, 3.05) is 19.0 Å². The van der Waals surface area contributed by atoms with Gasteiger partial charge >= 0.3 is 0 Å². The molecular weight excluding hydrogens is 160 g/mol. The summed E-state index contributed by atoms with van der Waals surface area (Å²) >= 11 is 0. The van der Waals surface area contributed by atoms with E-state index in [-0.39, 0.29) is 5.54 Å². The zero-order chi connectivity index (χ0) is 9.47. The second kappa shape index (κ2) is 2.74. The molecule has 2 nitrogen and oxygen atoms in total. The molecule has 1 aromatic carbocycles. The maximum absolute atomic E-state index is 6.12. The molecule has 0 saturated heterocycles. The number of nitrogens with zero attached hydrogens (tertiary/aromatic N) is 1. The molecule has 0 bridgehead atoms. The van der Waals surface area contributed by atoms with Gasteiger partial charge in [0.25, 0.3) is 0 Å². The summed E-state index contributed by atoms with van der Waals surface area (Å²) in [5.74, 6) is 0. The van der Waals surface area contributed by atoms with E-state index in [1.165, 1.54) is 11.3 Å². The summed E-state index contributed by atoms with van der Waals surface area (Å²) in [6.45, 7) is 0. The van der Waals surface area contributed by atoms with Crippen molar-refractivity contribution in [2.45, 2.75) is 18.4 Å². The van der Waals surface area contributed by atoms with Gasteiger partial charge in [-0.25, -0.2) is 0 Å². The average Bonchev–Trinajstić information content (AvgIpc) is 2.85. The van der Waals surface area contributed by atoms with E-state index in [0.717, 1.165) is 12.8 Å². The highest BCUT2D eigenvalue weighted by atomic mass is 15.1. The van der Waals surface area contributed by atoms with E-state index in [9.17, 15) is 0 Å². The van der Waals surface area contributed by atoms with Crippen molar-refractivity contribution in [1.29, 1.82) is 0 Å². The minimum absolute atomic E-state index is 0.00792. The van der Waals surface area contributed by atoms with Gasteiger partial charge in [-0.1, -0.05) is 12.1 Å². The van der Waals surface area contributed by atoms with Gasteiger partial charge in [-0.15, -0.1) is 0 Å². The number of hydrogen-bond donors (Lipinski definition) is 1. The predicted octanol–water partition coefficient (Wildman–Crippen LogP) is 1.70. The van der Waals surface area contributed by atoms with Crippen molar-refractivity contribution in [3.63, 3.8) is 0 Å². The Kier molecular flexibility index (Phi) is 1.81. The Hall–Kier alpha value is -1.02. The Morgan fingerprint density at radius 1 is 1.31 bits per heavy atom. The first kappa shape index (κ1) is 8.57. The van der Waals surface area contributed by atoms with Crippen LogP contribution in [-0.4, -0.2) is 14.1 Å². The number of benzene rings is 1. The first-order valence-electron chi connectivity index (χ1n) is 4.69. The molecule has 0 spiro atoms. The SMILES string of the molecule is CN(C)c1cccc(C2(N)CC2)c1. The quantitative estimate of drug-likeness (QED) is 0.743. The van der Waals surface area contributed by atoms with Crippen LogP contribution in [0.3, 0.4) is 0 Å². The average molecular weight is 176 g/mol. The van der Waals surface area contributed by atoms with Crippen LogP contribution in [0, 0.1) is 0 Å². The number of hydrogen-bond acceptors (Lipinski definition) is 2. The molecule has 13 heavy (non-hydrogen) atoms. The molecule has 1 saturated carbocycles. The summed E-state index contributed by atoms with van der Waals surface area (Å²) < 4.78 is 0. The molecule has 0 radical (unpaired) electrons. The first-order chi connectivity index (χ1) is 6.12. The fourth-order valence-electron chi connectivity index (χ4n) is 1.52. The van der Waals surface area contributed by atoms with E-state index < -0.39 is 0 Å². The third-order valence-corrected chi connectivity index (χ3v) is 2.73. The van der Waals surface area contributed by atoms with Crippen LogP contribution in [0.1, 0.15) is 18.4 Å². The maximum Gasteiger partial charge on any atom is 0.0412 e. The molecule has 1 aromatic rings. The highest BCUT2D eigenvalue weighted by molar-refractivity contribution is 5.49. The molecule has 0 aliphatic heterocycles. The zero-order valence-electron chi connectivity index (χ0n) is 8.25. The molecule has 2 rings (SSSR count). The summed E-state index contributed by atoms with van der Waals surface area (Å²) in [5.41, 5.74) is 8.62. The van der Waals surface area contributed by atoms with E-state index in [4.69, 9.17) is 5.73 Å². The Morgan fingerprint density at radius 3 is 2.54 bits per heavy atom. The van der Waals surface area contributed by atoms with E-state index >= 15 is 0 Å². The van der Waals surface area contributed by atoms with Crippen LogP contribution < -0.4 is 10.6 Å². The molecule has 1 aliphatic rings. The van der Waals surface area contributed by atoms with Crippen LogP contribution in [0.5, 0.6) is 0 Å². The van der Waals surface area contributed by atoms with Gasteiger partial charge in [-0.3, -0.25) is 0 Å². The van der Waals surface area contributed by atoms with Gasteiger partial charge in [0.15, 0.2) is 0 Å². The van der Waals surface area contributed by atoms with Gasteiger partial charge in [0.1, 0.15) is 0 Å². The van der Waals surface area contributed by atoms with E-state index in [2.05, 4.69) is 43.3 Å². The molecular formula is C11H16N2. The lowest BCUT2D eigenvalue weighted by Crippen LogP contribution is -2.19. The fraction of sp³-hybridized carbons (Fsp3) is 0.455. The van der Waals surface area contributed by atoms with Crippen LogP contribution in [0.25, 0.3) is 0 Å². The van der Waals surface area contributed by atoms with Gasteiger partial charge in [-0.05, 0) is 30.5 Å². The molecule has 70 valence electrons. The van der Waals surface area contributed by atoms with Crippen LogP contribution in [0.15, 0.2) is 24.3 Å². The lowest BCUT2D eigenvalue weighted by atomic mass is 10.1. The lowest BCUT2D eigenvalue weighted by molar-refractivity contribution is 0.740. The third kappa shape index (κ3) is 1.54. The van der Waals surface area contributed by atoms with Crippen molar-refractivity contribution >= 4 is 5.69 Å². The Morgan fingerprint density at radius 2 is 2.00 bits per heavy atom. The van der Waals surface area contributed by atoms with Gasteiger partial charge in [0.2, 0.25) is 0 Å². The Bertz CT molecular complexity index is 314. The highest BCUT2D eigenvalue weighted by Gasteiger charge is 2.39. The van der Waals surface area contributed by atoms with Crippen LogP contribution >= 0.6 is 0 Å². The van der Waals surface area contributed by atoms with Crippen LogP contribution in [0.2, 0.25) is 0 Å². The maximum atomic E-state index is 6.12. The van der Waals surface area contributed by atoms with Crippen molar-refractivity contribution in [2.24, 2.45) is 5.73 Å². The Balaban J connectivity index is 2.33. The molecule has 2 N–H and O–H groups in total. The summed E-state index contributed by atoms with van der Waals surface area (Å²) in [7, 11) is 4.10. The first-order valence-corrected chi connectivity index (χ1v) is 4.69. The second-order valence-corrected chi connectivity index (χ2v) is 4.10. The molecule has 1 aliphatic carbocycles. The number of rotatable bonds is 2. The highest BCUT2D eigenvalue weighted by Crippen LogP contribution is 2.43. The van der Waals surface area contributed by atoms with Gasteiger partial charge < -0.3 is 10.6 Å². The monoisotopic (exact) mass is 176 g/mol. The number of nitrogens with two attached hydrogens (primary N) is 1.